The number of pyridine rings is 1. The Morgan fingerprint density at radius 1 is 1.15 bits per heavy atom. The third-order valence-electron chi connectivity index (χ3n) is 3.27. The molecule has 2 aromatic rings. The fraction of sp³-hybridized carbons (Fsp3) is 0.312. The van der Waals surface area contributed by atoms with Crippen molar-refractivity contribution in [3.05, 3.63) is 59.4 Å². The molecule has 2 heterocycles. The summed E-state index contributed by atoms with van der Waals surface area (Å²) in [6.07, 6.45) is 1.62. The van der Waals surface area contributed by atoms with E-state index in [9.17, 15) is 0 Å². The van der Waals surface area contributed by atoms with Gasteiger partial charge in [-0.3, -0.25) is 4.98 Å². The molecule has 0 saturated carbocycles. The topological polar surface area (TPSA) is 43.4 Å². The van der Waals surface area contributed by atoms with E-state index in [1.807, 2.05) is 25.3 Å². The highest BCUT2D eigenvalue weighted by Gasteiger charge is 2.17. The van der Waals surface area contributed by atoms with Crippen molar-refractivity contribution in [1.82, 2.24) is 4.98 Å². The Bertz CT molecular complexity index is 563. The van der Waals surface area contributed by atoms with Crippen LogP contribution in [0.2, 0.25) is 0 Å². The number of anilines is 1. The Labute approximate surface area is 118 Å². The first kappa shape index (κ1) is 13.1. The Morgan fingerprint density at radius 3 is 2.60 bits per heavy atom. The molecule has 0 bridgehead atoms. The molecule has 20 heavy (non-hydrogen) atoms. The monoisotopic (exact) mass is 270 g/mol. The predicted molar refractivity (Wildman–Crippen MR) is 77.4 cm³/mol. The van der Waals surface area contributed by atoms with E-state index in [0.717, 1.165) is 23.5 Å². The smallest absolute Gasteiger partial charge is 0.184 e. The molecule has 0 unspecified atom stereocenters. The van der Waals surface area contributed by atoms with Crippen LogP contribution < -0.4 is 5.32 Å². The van der Waals surface area contributed by atoms with E-state index >= 15 is 0 Å². The fourth-order valence-electron chi connectivity index (χ4n) is 2.20. The highest BCUT2D eigenvalue weighted by Crippen LogP contribution is 2.23. The average Bonchev–Trinajstić information content (AvgIpc) is 3.00. The lowest BCUT2D eigenvalue weighted by atomic mass is 10.1. The number of aromatic nitrogens is 1. The quantitative estimate of drug-likeness (QED) is 0.927. The van der Waals surface area contributed by atoms with Crippen LogP contribution in [0, 0.1) is 6.92 Å². The van der Waals surface area contributed by atoms with Crippen molar-refractivity contribution in [1.29, 1.82) is 0 Å². The first-order valence-electron chi connectivity index (χ1n) is 6.80. The van der Waals surface area contributed by atoms with E-state index < -0.39 is 0 Å². The van der Waals surface area contributed by atoms with Crippen LogP contribution in [0.1, 0.15) is 23.1 Å². The van der Waals surface area contributed by atoms with Crippen LogP contribution in [0.25, 0.3) is 0 Å². The highest BCUT2D eigenvalue weighted by atomic mass is 16.7. The van der Waals surface area contributed by atoms with Crippen LogP contribution in [0.4, 0.5) is 5.69 Å². The van der Waals surface area contributed by atoms with Crippen molar-refractivity contribution in [2.75, 3.05) is 18.5 Å². The van der Waals surface area contributed by atoms with Crippen LogP contribution in [0.5, 0.6) is 0 Å². The molecule has 1 aromatic heterocycles. The van der Waals surface area contributed by atoms with E-state index in [4.69, 9.17) is 9.47 Å². The molecular formula is C16H18N2O2. The van der Waals surface area contributed by atoms with Gasteiger partial charge in [0.2, 0.25) is 0 Å². The second-order valence-corrected chi connectivity index (χ2v) is 4.85. The molecule has 4 nitrogen and oxygen atoms in total. The van der Waals surface area contributed by atoms with Crippen molar-refractivity contribution in [2.45, 2.75) is 19.8 Å². The molecule has 0 radical (unpaired) electrons. The SMILES string of the molecule is Cc1cc(NCc2ccc(C3OCCO3)cc2)ccn1. The standard InChI is InChI=1S/C16H18N2O2/c1-12-10-15(6-7-17-12)18-11-13-2-4-14(5-3-13)16-19-8-9-20-16/h2-7,10,16H,8-9,11H2,1H3,(H,17,18). The van der Waals surface area contributed by atoms with Gasteiger partial charge in [0, 0.05) is 29.7 Å². The van der Waals surface area contributed by atoms with Gasteiger partial charge < -0.3 is 14.8 Å². The maximum atomic E-state index is 5.48. The number of ether oxygens (including phenoxy) is 2. The molecule has 0 atom stereocenters. The number of nitrogens with one attached hydrogen (secondary N) is 1. The first-order valence-corrected chi connectivity index (χ1v) is 6.80. The molecule has 104 valence electrons. The zero-order valence-corrected chi connectivity index (χ0v) is 11.5. The van der Waals surface area contributed by atoms with Crippen LogP contribution in [-0.4, -0.2) is 18.2 Å². The largest absolute Gasteiger partial charge is 0.381 e. The Balaban J connectivity index is 1.60. The number of hydrogen-bond donors (Lipinski definition) is 1. The van der Waals surface area contributed by atoms with Crippen LogP contribution in [-0.2, 0) is 16.0 Å². The minimum absolute atomic E-state index is 0.195. The van der Waals surface area contributed by atoms with Gasteiger partial charge in [0.25, 0.3) is 0 Å². The maximum absolute atomic E-state index is 5.48. The van der Waals surface area contributed by atoms with Gasteiger partial charge in [-0.2, -0.15) is 0 Å². The lowest BCUT2D eigenvalue weighted by Gasteiger charge is -2.11. The molecule has 1 aromatic carbocycles. The van der Waals surface area contributed by atoms with Gasteiger partial charge in [0.15, 0.2) is 6.29 Å². The van der Waals surface area contributed by atoms with Gasteiger partial charge in [-0.25, -0.2) is 0 Å². The normalized spacial score (nSPS) is 15.4. The first-order chi connectivity index (χ1) is 9.81. The van der Waals surface area contributed by atoms with Crippen molar-refractivity contribution in [3.63, 3.8) is 0 Å². The summed E-state index contributed by atoms with van der Waals surface area (Å²) >= 11 is 0. The molecule has 1 fully saturated rings. The lowest BCUT2D eigenvalue weighted by Crippen LogP contribution is -2.02. The van der Waals surface area contributed by atoms with Crippen molar-refractivity contribution >= 4 is 5.69 Å². The van der Waals surface area contributed by atoms with Gasteiger partial charge in [-0.15, -0.1) is 0 Å². The van der Waals surface area contributed by atoms with Crippen molar-refractivity contribution in [3.8, 4) is 0 Å². The summed E-state index contributed by atoms with van der Waals surface area (Å²) in [7, 11) is 0. The summed E-state index contributed by atoms with van der Waals surface area (Å²) in [6.45, 7) is 4.13. The number of benzene rings is 1. The minimum Gasteiger partial charge on any atom is -0.381 e. The number of hydrogen-bond acceptors (Lipinski definition) is 4. The molecule has 4 heteroatoms. The van der Waals surface area contributed by atoms with Crippen LogP contribution >= 0.6 is 0 Å². The van der Waals surface area contributed by atoms with Crippen molar-refractivity contribution < 1.29 is 9.47 Å². The molecular weight excluding hydrogens is 252 g/mol. The van der Waals surface area contributed by atoms with Gasteiger partial charge in [-0.1, -0.05) is 24.3 Å². The molecule has 0 aliphatic carbocycles. The molecule has 0 amide bonds. The lowest BCUT2D eigenvalue weighted by molar-refractivity contribution is -0.0441. The van der Waals surface area contributed by atoms with Crippen molar-refractivity contribution in [2.24, 2.45) is 0 Å². The Morgan fingerprint density at radius 2 is 1.90 bits per heavy atom. The summed E-state index contributed by atoms with van der Waals surface area (Å²) in [5.74, 6) is 0. The summed E-state index contributed by atoms with van der Waals surface area (Å²) in [6, 6.07) is 12.3. The van der Waals surface area contributed by atoms with E-state index in [1.165, 1.54) is 5.56 Å². The molecule has 1 N–H and O–H groups in total. The molecule has 3 rings (SSSR count). The minimum atomic E-state index is -0.195. The van der Waals surface area contributed by atoms with Gasteiger partial charge in [-0.05, 0) is 24.6 Å². The molecule has 0 spiro atoms. The summed E-state index contributed by atoms with van der Waals surface area (Å²) in [5.41, 5.74) is 4.40. The molecule has 1 aliphatic rings. The fourth-order valence-corrected chi connectivity index (χ4v) is 2.20. The van der Waals surface area contributed by atoms with Gasteiger partial charge in [0.05, 0.1) is 13.2 Å². The van der Waals surface area contributed by atoms with E-state index in [0.29, 0.717) is 13.2 Å². The third-order valence-corrected chi connectivity index (χ3v) is 3.27. The number of aryl methyl sites for hydroxylation is 1. The van der Waals surface area contributed by atoms with E-state index in [-0.39, 0.29) is 6.29 Å². The third kappa shape index (κ3) is 3.15. The van der Waals surface area contributed by atoms with E-state index in [2.05, 4.69) is 34.6 Å². The maximum Gasteiger partial charge on any atom is 0.184 e. The zero-order valence-electron chi connectivity index (χ0n) is 11.5. The number of nitrogens with zero attached hydrogens (tertiary/aromatic N) is 1. The van der Waals surface area contributed by atoms with Gasteiger partial charge >= 0.3 is 0 Å². The molecule has 1 aliphatic heterocycles. The Kier molecular flexibility index (Phi) is 3.95. The average molecular weight is 270 g/mol. The highest BCUT2D eigenvalue weighted by molar-refractivity contribution is 5.43. The van der Waals surface area contributed by atoms with Gasteiger partial charge in [0.1, 0.15) is 0 Å². The second kappa shape index (κ2) is 6.03. The predicted octanol–water partition coefficient (Wildman–Crippen LogP) is 3.05. The number of rotatable bonds is 4. The molecule has 1 saturated heterocycles. The van der Waals surface area contributed by atoms with Crippen LogP contribution in [0.15, 0.2) is 42.6 Å². The zero-order chi connectivity index (χ0) is 13.8. The summed E-state index contributed by atoms with van der Waals surface area (Å²) in [5, 5.41) is 3.39. The summed E-state index contributed by atoms with van der Waals surface area (Å²) < 4.78 is 11.0. The Hall–Kier alpha value is -1.91. The summed E-state index contributed by atoms with van der Waals surface area (Å²) in [4.78, 5) is 4.18. The van der Waals surface area contributed by atoms with E-state index in [1.54, 1.807) is 0 Å². The van der Waals surface area contributed by atoms with Crippen LogP contribution in [0.3, 0.4) is 0 Å². The second-order valence-electron chi connectivity index (χ2n) is 4.85.